The summed E-state index contributed by atoms with van der Waals surface area (Å²) in [6.45, 7) is 2.87. The lowest BCUT2D eigenvalue weighted by molar-refractivity contribution is 0.846. The number of nitrogens with one attached hydrogen (secondary N) is 2. The second kappa shape index (κ2) is 6.50. The summed E-state index contributed by atoms with van der Waals surface area (Å²) in [5.74, 6) is 0. The molecule has 0 aliphatic heterocycles. The van der Waals surface area contributed by atoms with Gasteiger partial charge in [-0.1, -0.05) is 41.7 Å². The summed E-state index contributed by atoms with van der Waals surface area (Å²) >= 11 is 22.8. The Morgan fingerprint density at radius 1 is 1.19 bits per heavy atom. The third-order valence-corrected chi connectivity index (χ3v) is 3.07. The van der Waals surface area contributed by atoms with Gasteiger partial charge in [-0.2, -0.15) is 0 Å². The highest BCUT2D eigenvalue weighted by atomic mass is 35.5. The first kappa shape index (κ1) is 13.8. The quantitative estimate of drug-likeness (QED) is 0.641. The Hall–Kier alpha value is -0.220. The normalized spacial score (nSPS) is 10.0. The van der Waals surface area contributed by atoms with Crippen LogP contribution in [-0.2, 0) is 0 Å². The zero-order chi connectivity index (χ0) is 12.1. The van der Waals surface area contributed by atoms with Crippen LogP contribution in [0.4, 0.5) is 5.69 Å². The highest BCUT2D eigenvalue weighted by molar-refractivity contribution is 7.80. The van der Waals surface area contributed by atoms with Crippen molar-refractivity contribution < 1.29 is 0 Å². The minimum Gasteiger partial charge on any atom is -0.362 e. The largest absolute Gasteiger partial charge is 0.362 e. The second-order valence-corrected chi connectivity index (χ2v) is 4.76. The van der Waals surface area contributed by atoms with E-state index in [1.807, 2.05) is 0 Å². The number of benzene rings is 1. The molecule has 0 saturated carbocycles. The molecular weight excluding hydrogens is 287 g/mol. The van der Waals surface area contributed by atoms with Gasteiger partial charge in [0.25, 0.3) is 0 Å². The highest BCUT2D eigenvalue weighted by Gasteiger charge is 2.06. The van der Waals surface area contributed by atoms with Crippen molar-refractivity contribution in [1.82, 2.24) is 5.32 Å². The minimum absolute atomic E-state index is 0.421. The molecule has 88 valence electrons. The molecule has 0 aliphatic rings. The molecule has 0 heterocycles. The third-order valence-electron chi connectivity index (χ3n) is 1.79. The SMILES string of the molecule is CCCNC(=S)Nc1cc(Cl)c(Cl)cc1Cl. The van der Waals surface area contributed by atoms with Gasteiger partial charge in [0.15, 0.2) is 5.11 Å². The van der Waals surface area contributed by atoms with E-state index in [4.69, 9.17) is 47.0 Å². The van der Waals surface area contributed by atoms with Gasteiger partial charge in [0.05, 0.1) is 20.8 Å². The van der Waals surface area contributed by atoms with E-state index < -0.39 is 0 Å². The summed E-state index contributed by atoms with van der Waals surface area (Å²) in [5, 5.41) is 7.84. The smallest absolute Gasteiger partial charge is 0.170 e. The predicted octanol–water partition coefficient (Wildman–Crippen LogP) is 4.34. The molecule has 6 heteroatoms. The van der Waals surface area contributed by atoms with Gasteiger partial charge in [-0.15, -0.1) is 0 Å². The predicted molar refractivity (Wildman–Crippen MR) is 76.0 cm³/mol. The van der Waals surface area contributed by atoms with Crippen molar-refractivity contribution in [2.45, 2.75) is 13.3 Å². The lowest BCUT2D eigenvalue weighted by Crippen LogP contribution is -2.29. The molecule has 2 N–H and O–H groups in total. The molecular formula is C10H11Cl3N2S. The number of hydrogen-bond acceptors (Lipinski definition) is 1. The fourth-order valence-electron chi connectivity index (χ4n) is 1.02. The van der Waals surface area contributed by atoms with Crippen molar-refractivity contribution in [3.05, 3.63) is 27.2 Å². The van der Waals surface area contributed by atoms with Gasteiger partial charge in [-0.3, -0.25) is 0 Å². The van der Waals surface area contributed by atoms with Crippen LogP contribution >= 0.6 is 47.0 Å². The van der Waals surface area contributed by atoms with E-state index in [0.29, 0.717) is 25.9 Å². The van der Waals surface area contributed by atoms with Crippen LogP contribution in [0.1, 0.15) is 13.3 Å². The minimum atomic E-state index is 0.421. The van der Waals surface area contributed by atoms with E-state index in [-0.39, 0.29) is 0 Å². The van der Waals surface area contributed by atoms with Crippen LogP contribution in [0.25, 0.3) is 0 Å². The van der Waals surface area contributed by atoms with E-state index in [1.165, 1.54) is 0 Å². The molecule has 0 atom stereocenters. The Balaban J connectivity index is 2.73. The summed E-state index contributed by atoms with van der Waals surface area (Å²) in [6.07, 6.45) is 0.997. The van der Waals surface area contributed by atoms with E-state index in [2.05, 4.69) is 17.6 Å². The molecule has 0 saturated heterocycles. The van der Waals surface area contributed by atoms with Gasteiger partial charge in [0.1, 0.15) is 0 Å². The molecule has 0 amide bonds. The average Bonchev–Trinajstić information content (AvgIpc) is 2.23. The summed E-state index contributed by atoms with van der Waals surface area (Å²) in [7, 11) is 0. The van der Waals surface area contributed by atoms with Crippen LogP contribution in [0.5, 0.6) is 0 Å². The maximum absolute atomic E-state index is 5.99. The van der Waals surface area contributed by atoms with E-state index in [0.717, 1.165) is 13.0 Å². The van der Waals surface area contributed by atoms with Gasteiger partial charge >= 0.3 is 0 Å². The fourth-order valence-corrected chi connectivity index (χ4v) is 1.83. The number of rotatable bonds is 3. The van der Waals surface area contributed by atoms with Crippen LogP contribution < -0.4 is 10.6 Å². The molecule has 0 aromatic heterocycles. The molecule has 0 bridgehead atoms. The molecule has 2 nitrogen and oxygen atoms in total. The number of anilines is 1. The van der Waals surface area contributed by atoms with Gasteiger partial charge in [-0.05, 0) is 30.8 Å². The maximum atomic E-state index is 5.99. The van der Waals surface area contributed by atoms with Gasteiger partial charge in [0.2, 0.25) is 0 Å². The Morgan fingerprint density at radius 2 is 1.81 bits per heavy atom. The summed E-state index contributed by atoms with van der Waals surface area (Å²) < 4.78 is 0. The number of thiocarbonyl (C=S) groups is 1. The van der Waals surface area contributed by atoms with Crippen LogP contribution in [0.3, 0.4) is 0 Å². The Morgan fingerprint density at radius 3 is 2.44 bits per heavy atom. The Bertz CT molecular complexity index is 396. The molecule has 0 aliphatic carbocycles. The molecule has 16 heavy (non-hydrogen) atoms. The summed E-state index contributed by atoms with van der Waals surface area (Å²) in [5.41, 5.74) is 0.643. The number of hydrogen-bond donors (Lipinski definition) is 2. The van der Waals surface area contributed by atoms with Crippen molar-refractivity contribution in [3.8, 4) is 0 Å². The van der Waals surface area contributed by atoms with Crippen molar-refractivity contribution in [2.75, 3.05) is 11.9 Å². The Labute approximate surface area is 115 Å². The maximum Gasteiger partial charge on any atom is 0.170 e. The topological polar surface area (TPSA) is 24.1 Å². The lowest BCUT2D eigenvalue weighted by atomic mass is 10.3. The first-order valence-electron chi connectivity index (χ1n) is 4.74. The zero-order valence-corrected chi connectivity index (χ0v) is 11.7. The van der Waals surface area contributed by atoms with Gasteiger partial charge in [0, 0.05) is 6.54 Å². The first-order valence-corrected chi connectivity index (χ1v) is 6.28. The van der Waals surface area contributed by atoms with Gasteiger partial charge in [-0.25, -0.2) is 0 Å². The molecule has 0 radical (unpaired) electrons. The van der Waals surface area contributed by atoms with Crippen LogP contribution in [0.15, 0.2) is 12.1 Å². The van der Waals surface area contributed by atoms with Gasteiger partial charge < -0.3 is 10.6 Å². The molecule has 1 rings (SSSR count). The van der Waals surface area contributed by atoms with E-state index >= 15 is 0 Å². The van der Waals surface area contributed by atoms with Crippen LogP contribution in [-0.4, -0.2) is 11.7 Å². The van der Waals surface area contributed by atoms with Crippen molar-refractivity contribution in [3.63, 3.8) is 0 Å². The number of halogens is 3. The van der Waals surface area contributed by atoms with Crippen molar-refractivity contribution >= 4 is 57.8 Å². The van der Waals surface area contributed by atoms with E-state index in [1.54, 1.807) is 12.1 Å². The standard InChI is InChI=1S/C10H11Cl3N2S/c1-2-3-14-10(16)15-9-5-7(12)6(11)4-8(9)13/h4-5H,2-3H2,1H3,(H2,14,15,16). The lowest BCUT2D eigenvalue weighted by Gasteiger charge is -2.11. The van der Waals surface area contributed by atoms with Crippen LogP contribution in [0.2, 0.25) is 15.1 Å². The first-order chi connectivity index (χ1) is 7.54. The van der Waals surface area contributed by atoms with Crippen molar-refractivity contribution in [2.24, 2.45) is 0 Å². The Kier molecular flexibility index (Phi) is 5.62. The summed E-state index contributed by atoms with van der Waals surface area (Å²) in [6, 6.07) is 3.22. The second-order valence-electron chi connectivity index (χ2n) is 3.13. The molecule has 0 spiro atoms. The average molecular weight is 298 g/mol. The third kappa shape index (κ3) is 3.98. The summed E-state index contributed by atoms with van der Waals surface area (Å²) in [4.78, 5) is 0. The molecule has 0 unspecified atom stereocenters. The molecule has 0 fully saturated rings. The van der Waals surface area contributed by atoms with E-state index in [9.17, 15) is 0 Å². The fraction of sp³-hybridized carbons (Fsp3) is 0.300. The van der Waals surface area contributed by atoms with Crippen molar-refractivity contribution in [1.29, 1.82) is 0 Å². The molecule has 1 aromatic carbocycles. The highest BCUT2D eigenvalue weighted by Crippen LogP contribution is 2.32. The zero-order valence-electron chi connectivity index (χ0n) is 8.61. The molecule has 1 aromatic rings. The monoisotopic (exact) mass is 296 g/mol. The van der Waals surface area contributed by atoms with Crippen LogP contribution in [0, 0.1) is 0 Å².